The van der Waals surface area contributed by atoms with Gasteiger partial charge in [0, 0.05) is 12.7 Å². The van der Waals surface area contributed by atoms with Crippen LogP contribution in [-0.4, -0.2) is 23.2 Å². The fraction of sp³-hybridized carbons (Fsp3) is 0.273. The van der Waals surface area contributed by atoms with Crippen LogP contribution in [0.5, 0.6) is 0 Å². The van der Waals surface area contributed by atoms with E-state index in [4.69, 9.17) is 5.73 Å². The fourth-order valence-electron chi connectivity index (χ4n) is 1.77. The van der Waals surface area contributed by atoms with Gasteiger partial charge in [-0.1, -0.05) is 0 Å². The molecule has 0 spiro atoms. The van der Waals surface area contributed by atoms with Gasteiger partial charge in [-0.15, -0.1) is 10.2 Å². The lowest BCUT2D eigenvalue weighted by molar-refractivity contribution is 0.538. The van der Waals surface area contributed by atoms with Crippen molar-refractivity contribution < 1.29 is 12.8 Å². The molecule has 0 aliphatic rings. The monoisotopic (exact) mass is 299 g/mol. The molecule has 3 N–H and O–H groups in total. The van der Waals surface area contributed by atoms with Gasteiger partial charge in [-0.3, -0.25) is 0 Å². The Morgan fingerprint density at radius 2 is 2.15 bits per heavy atom. The van der Waals surface area contributed by atoms with Crippen molar-refractivity contribution in [3.8, 4) is 0 Å². The van der Waals surface area contributed by atoms with E-state index < -0.39 is 26.8 Å². The highest BCUT2D eigenvalue weighted by atomic mass is 32.2. The lowest BCUT2D eigenvalue weighted by Gasteiger charge is -2.14. The minimum atomic E-state index is -4.01. The van der Waals surface area contributed by atoms with Crippen LogP contribution in [0.3, 0.4) is 0 Å². The van der Waals surface area contributed by atoms with E-state index in [1.54, 1.807) is 18.5 Å². The van der Waals surface area contributed by atoms with Crippen molar-refractivity contribution >= 4 is 15.7 Å². The summed E-state index contributed by atoms with van der Waals surface area (Å²) in [5.41, 5.74) is 5.55. The number of rotatable bonds is 4. The number of benzene rings is 1. The number of halogens is 1. The van der Waals surface area contributed by atoms with Gasteiger partial charge in [-0.25, -0.2) is 17.5 Å². The summed E-state index contributed by atoms with van der Waals surface area (Å²) in [5.74, 6) is -0.480. The standard InChI is InChI=1S/C11H14FN5O2S/c1-7(11-15-14-6-17(11)2)16-20(18,19)10-4-3-8(13)5-9(10)12/h3-7,16H,13H2,1-2H3. The Morgan fingerprint density at radius 3 is 2.70 bits per heavy atom. The molecule has 0 amide bonds. The van der Waals surface area contributed by atoms with Crippen molar-refractivity contribution in [3.05, 3.63) is 36.2 Å². The number of aromatic nitrogens is 3. The maximum Gasteiger partial charge on any atom is 0.244 e. The Bertz CT molecular complexity index is 728. The van der Waals surface area contributed by atoms with Gasteiger partial charge in [0.25, 0.3) is 0 Å². The molecule has 0 aliphatic carbocycles. The summed E-state index contributed by atoms with van der Waals surface area (Å²) in [6, 6.07) is 2.76. The van der Waals surface area contributed by atoms with Crippen molar-refractivity contribution in [3.63, 3.8) is 0 Å². The molecule has 0 bridgehead atoms. The summed E-state index contributed by atoms with van der Waals surface area (Å²) < 4.78 is 41.9. The summed E-state index contributed by atoms with van der Waals surface area (Å²) in [6.07, 6.45) is 1.45. The van der Waals surface area contributed by atoms with Crippen molar-refractivity contribution in [2.24, 2.45) is 7.05 Å². The molecule has 1 aromatic carbocycles. The summed E-state index contributed by atoms with van der Waals surface area (Å²) in [4.78, 5) is -0.458. The number of hydrogen-bond acceptors (Lipinski definition) is 5. The Balaban J connectivity index is 2.30. The van der Waals surface area contributed by atoms with E-state index in [0.717, 1.165) is 12.1 Å². The Morgan fingerprint density at radius 1 is 1.45 bits per heavy atom. The lowest BCUT2D eigenvalue weighted by atomic mass is 10.3. The molecule has 1 heterocycles. The van der Waals surface area contributed by atoms with Crippen LogP contribution in [0.1, 0.15) is 18.8 Å². The van der Waals surface area contributed by atoms with Gasteiger partial charge in [0.2, 0.25) is 10.0 Å². The van der Waals surface area contributed by atoms with Crippen LogP contribution in [0.4, 0.5) is 10.1 Å². The first-order valence-corrected chi connectivity index (χ1v) is 7.21. The SMILES string of the molecule is CC(NS(=O)(=O)c1ccc(N)cc1F)c1nncn1C. The van der Waals surface area contributed by atoms with E-state index in [9.17, 15) is 12.8 Å². The number of nitrogens with one attached hydrogen (secondary N) is 1. The molecule has 0 saturated heterocycles. The molecule has 0 fully saturated rings. The summed E-state index contributed by atoms with van der Waals surface area (Å²) in [5, 5.41) is 7.46. The molecule has 108 valence electrons. The van der Waals surface area contributed by atoms with E-state index in [1.165, 1.54) is 12.4 Å². The number of nitrogens with zero attached hydrogens (tertiary/aromatic N) is 3. The first-order valence-electron chi connectivity index (χ1n) is 5.72. The maximum atomic E-state index is 13.7. The highest BCUT2D eigenvalue weighted by molar-refractivity contribution is 7.89. The van der Waals surface area contributed by atoms with Crippen LogP contribution in [0.15, 0.2) is 29.4 Å². The molecular formula is C11H14FN5O2S. The van der Waals surface area contributed by atoms with Gasteiger partial charge in [0.15, 0.2) is 0 Å². The first-order chi connectivity index (χ1) is 9.31. The Kier molecular flexibility index (Phi) is 3.73. The minimum absolute atomic E-state index is 0.155. The molecule has 0 radical (unpaired) electrons. The van der Waals surface area contributed by atoms with E-state index in [-0.39, 0.29) is 5.69 Å². The maximum absolute atomic E-state index is 13.7. The summed E-state index contributed by atoms with van der Waals surface area (Å²) in [6.45, 7) is 1.59. The molecule has 1 unspecified atom stereocenters. The van der Waals surface area contributed by atoms with Crippen LogP contribution in [-0.2, 0) is 17.1 Å². The number of nitrogen functional groups attached to an aromatic ring is 1. The third kappa shape index (κ3) is 2.78. The van der Waals surface area contributed by atoms with Gasteiger partial charge in [0.1, 0.15) is 22.9 Å². The van der Waals surface area contributed by atoms with Crippen molar-refractivity contribution in [2.75, 3.05) is 5.73 Å². The second kappa shape index (κ2) is 5.17. The van der Waals surface area contributed by atoms with E-state index in [2.05, 4.69) is 14.9 Å². The summed E-state index contributed by atoms with van der Waals surface area (Å²) >= 11 is 0. The predicted molar refractivity (Wildman–Crippen MR) is 70.6 cm³/mol. The second-order valence-electron chi connectivity index (χ2n) is 4.33. The molecule has 2 rings (SSSR count). The molecule has 0 saturated carbocycles. The quantitative estimate of drug-likeness (QED) is 0.804. The zero-order valence-corrected chi connectivity index (χ0v) is 11.7. The van der Waals surface area contributed by atoms with Gasteiger partial charge in [-0.05, 0) is 25.1 Å². The highest BCUT2D eigenvalue weighted by Crippen LogP contribution is 2.19. The topological polar surface area (TPSA) is 103 Å². The van der Waals surface area contributed by atoms with Crippen molar-refractivity contribution in [1.29, 1.82) is 0 Å². The highest BCUT2D eigenvalue weighted by Gasteiger charge is 2.24. The van der Waals surface area contributed by atoms with Crippen LogP contribution in [0.2, 0.25) is 0 Å². The number of anilines is 1. The number of sulfonamides is 1. The normalized spacial score (nSPS) is 13.3. The lowest BCUT2D eigenvalue weighted by Crippen LogP contribution is -2.29. The van der Waals surface area contributed by atoms with E-state index in [1.807, 2.05) is 0 Å². The van der Waals surface area contributed by atoms with E-state index >= 15 is 0 Å². The number of hydrogen-bond donors (Lipinski definition) is 2. The number of aryl methyl sites for hydroxylation is 1. The second-order valence-corrected chi connectivity index (χ2v) is 6.02. The number of nitrogens with two attached hydrogens (primary N) is 1. The fourth-order valence-corrected chi connectivity index (χ4v) is 3.03. The van der Waals surface area contributed by atoms with Gasteiger partial charge in [0.05, 0.1) is 6.04 Å². The molecule has 7 nitrogen and oxygen atoms in total. The largest absolute Gasteiger partial charge is 0.399 e. The molecular weight excluding hydrogens is 285 g/mol. The third-order valence-corrected chi connectivity index (χ3v) is 4.29. The van der Waals surface area contributed by atoms with Crippen LogP contribution in [0.25, 0.3) is 0 Å². The minimum Gasteiger partial charge on any atom is -0.399 e. The van der Waals surface area contributed by atoms with Gasteiger partial charge < -0.3 is 10.3 Å². The first kappa shape index (κ1) is 14.4. The van der Waals surface area contributed by atoms with Crippen molar-refractivity contribution in [1.82, 2.24) is 19.5 Å². The zero-order valence-electron chi connectivity index (χ0n) is 10.9. The van der Waals surface area contributed by atoms with Crippen molar-refractivity contribution in [2.45, 2.75) is 17.9 Å². The molecule has 9 heteroatoms. The summed E-state index contributed by atoms with van der Waals surface area (Å²) in [7, 11) is -2.33. The zero-order chi connectivity index (χ0) is 14.9. The average molecular weight is 299 g/mol. The van der Waals surface area contributed by atoms with E-state index in [0.29, 0.717) is 5.82 Å². The molecule has 0 aliphatic heterocycles. The molecule has 2 aromatic rings. The smallest absolute Gasteiger partial charge is 0.244 e. The van der Waals surface area contributed by atoms with Gasteiger partial charge >= 0.3 is 0 Å². The molecule has 1 aromatic heterocycles. The Labute approximate surface area is 115 Å². The predicted octanol–water partition coefficient (Wildman–Crippen LogP) is 0.576. The van der Waals surface area contributed by atoms with Crippen LogP contribution >= 0.6 is 0 Å². The van der Waals surface area contributed by atoms with Gasteiger partial charge in [-0.2, -0.15) is 0 Å². The molecule has 1 atom stereocenters. The average Bonchev–Trinajstić information content (AvgIpc) is 2.74. The molecule has 20 heavy (non-hydrogen) atoms. The third-order valence-electron chi connectivity index (χ3n) is 2.71. The Hall–Kier alpha value is -2.00. The van der Waals surface area contributed by atoms with Crippen LogP contribution < -0.4 is 10.5 Å². The van der Waals surface area contributed by atoms with Crippen LogP contribution in [0, 0.1) is 5.82 Å².